The number of carbonyl (C=O) groups excluding carboxylic acids is 1. The summed E-state index contributed by atoms with van der Waals surface area (Å²) in [7, 11) is 0. The molecule has 1 aromatic carbocycles. The Balaban J connectivity index is 2.43. The van der Waals surface area contributed by atoms with E-state index in [1.54, 1.807) is 6.08 Å². The highest BCUT2D eigenvalue weighted by atomic mass is 16.1. The lowest BCUT2D eigenvalue weighted by atomic mass is 10.0. The molecule has 2 heteroatoms. The normalized spacial score (nSPS) is 12.7. The van der Waals surface area contributed by atoms with Gasteiger partial charge in [0, 0.05) is 6.54 Å². The second kappa shape index (κ2) is 6.02. The monoisotopic (exact) mass is 203 g/mol. The van der Waals surface area contributed by atoms with Crippen LogP contribution >= 0.6 is 0 Å². The first-order valence-electron chi connectivity index (χ1n) is 5.19. The van der Waals surface area contributed by atoms with Crippen molar-refractivity contribution in [1.29, 1.82) is 0 Å². The molecule has 0 spiro atoms. The van der Waals surface area contributed by atoms with Gasteiger partial charge in [-0.25, -0.2) is 0 Å². The van der Waals surface area contributed by atoms with Crippen molar-refractivity contribution in [3.05, 3.63) is 48.0 Å². The summed E-state index contributed by atoms with van der Waals surface area (Å²) in [6.45, 7) is 4.61. The Morgan fingerprint density at radius 2 is 2.07 bits per heavy atom. The van der Waals surface area contributed by atoms with E-state index in [0.29, 0.717) is 12.5 Å². The Bertz CT molecular complexity index is 330. The number of carbonyl (C=O) groups is 1. The van der Waals surface area contributed by atoms with E-state index in [9.17, 15) is 4.79 Å². The fraction of sp³-hybridized carbons (Fsp3) is 0.308. The third-order valence-corrected chi connectivity index (χ3v) is 2.27. The van der Waals surface area contributed by atoms with Crippen LogP contribution in [0.5, 0.6) is 0 Å². The number of hydrogen-bond donors (Lipinski definition) is 1. The number of amides is 1. The first kappa shape index (κ1) is 11.5. The van der Waals surface area contributed by atoms with Crippen LogP contribution < -0.4 is 5.32 Å². The van der Waals surface area contributed by atoms with Crippen LogP contribution in [0.15, 0.2) is 42.5 Å². The Kier molecular flexibility index (Phi) is 4.61. The van der Waals surface area contributed by atoms with Gasteiger partial charge in [0.1, 0.15) is 0 Å². The Morgan fingerprint density at radius 1 is 1.40 bits per heavy atom. The SMILES string of the molecule is CC=CC(=O)NCC(C)c1ccccc1. The van der Waals surface area contributed by atoms with Gasteiger partial charge in [0.2, 0.25) is 5.91 Å². The van der Waals surface area contributed by atoms with Crippen LogP contribution in [0, 0.1) is 0 Å². The van der Waals surface area contributed by atoms with Crippen molar-refractivity contribution in [3.63, 3.8) is 0 Å². The van der Waals surface area contributed by atoms with Gasteiger partial charge in [-0.1, -0.05) is 43.3 Å². The average Bonchev–Trinajstić information content (AvgIpc) is 2.27. The van der Waals surface area contributed by atoms with Crippen molar-refractivity contribution in [1.82, 2.24) is 5.32 Å². The Labute approximate surface area is 91.0 Å². The van der Waals surface area contributed by atoms with Crippen LogP contribution in [0.1, 0.15) is 25.3 Å². The minimum Gasteiger partial charge on any atom is -0.352 e. The highest BCUT2D eigenvalue weighted by molar-refractivity contribution is 5.87. The van der Waals surface area contributed by atoms with E-state index in [2.05, 4.69) is 24.4 Å². The predicted octanol–water partition coefficient (Wildman–Crippen LogP) is 2.48. The lowest BCUT2D eigenvalue weighted by Gasteiger charge is -2.11. The number of nitrogens with one attached hydrogen (secondary N) is 1. The molecule has 80 valence electrons. The van der Waals surface area contributed by atoms with E-state index in [0.717, 1.165) is 0 Å². The van der Waals surface area contributed by atoms with Gasteiger partial charge in [0.05, 0.1) is 0 Å². The lowest BCUT2D eigenvalue weighted by Crippen LogP contribution is -2.25. The maximum Gasteiger partial charge on any atom is 0.243 e. The fourth-order valence-electron chi connectivity index (χ4n) is 1.36. The van der Waals surface area contributed by atoms with Crippen molar-refractivity contribution in [3.8, 4) is 0 Å². The minimum absolute atomic E-state index is 0.0275. The first-order chi connectivity index (χ1) is 7.24. The molecule has 0 saturated heterocycles. The molecule has 2 nitrogen and oxygen atoms in total. The van der Waals surface area contributed by atoms with Gasteiger partial charge in [0.25, 0.3) is 0 Å². The van der Waals surface area contributed by atoms with Crippen LogP contribution in [-0.2, 0) is 4.79 Å². The van der Waals surface area contributed by atoms with Gasteiger partial charge in [-0.15, -0.1) is 0 Å². The minimum atomic E-state index is -0.0275. The van der Waals surface area contributed by atoms with Gasteiger partial charge in [0.15, 0.2) is 0 Å². The highest BCUT2D eigenvalue weighted by Crippen LogP contribution is 2.12. The molecule has 0 aliphatic rings. The zero-order valence-electron chi connectivity index (χ0n) is 9.23. The topological polar surface area (TPSA) is 29.1 Å². The molecule has 1 amide bonds. The smallest absolute Gasteiger partial charge is 0.243 e. The fourth-order valence-corrected chi connectivity index (χ4v) is 1.36. The molecule has 0 radical (unpaired) electrons. The Hall–Kier alpha value is -1.57. The van der Waals surface area contributed by atoms with Crippen molar-refractivity contribution in [2.75, 3.05) is 6.54 Å². The number of rotatable bonds is 4. The van der Waals surface area contributed by atoms with Crippen LogP contribution in [0.2, 0.25) is 0 Å². The second-order valence-corrected chi connectivity index (χ2v) is 3.56. The predicted molar refractivity (Wildman–Crippen MR) is 62.7 cm³/mol. The summed E-state index contributed by atoms with van der Waals surface area (Å²) in [4.78, 5) is 11.2. The molecule has 0 aliphatic carbocycles. The molecule has 0 aliphatic heterocycles. The van der Waals surface area contributed by atoms with Crippen molar-refractivity contribution < 1.29 is 4.79 Å². The van der Waals surface area contributed by atoms with E-state index >= 15 is 0 Å². The number of benzene rings is 1. The second-order valence-electron chi connectivity index (χ2n) is 3.56. The number of allylic oxidation sites excluding steroid dienone is 1. The van der Waals surface area contributed by atoms with E-state index < -0.39 is 0 Å². The molecule has 0 heterocycles. The largest absolute Gasteiger partial charge is 0.352 e. The summed E-state index contributed by atoms with van der Waals surface area (Å²) in [5.41, 5.74) is 1.25. The van der Waals surface area contributed by atoms with Crippen LogP contribution in [0.3, 0.4) is 0 Å². The quantitative estimate of drug-likeness (QED) is 0.748. The average molecular weight is 203 g/mol. The van der Waals surface area contributed by atoms with Gasteiger partial charge >= 0.3 is 0 Å². The summed E-state index contributed by atoms with van der Waals surface area (Å²) in [6, 6.07) is 10.2. The van der Waals surface area contributed by atoms with Gasteiger partial charge in [-0.2, -0.15) is 0 Å². The zero-order valence-corrected chi connectivity index (χ0v) is 9.23. The molecule has 0 bridgehead atoms. The maximum absolute atomic E-state index is 11.2. The molecule has 1 aromatic rings. The van der Waals surface area contributed by atoms with Crippen LogP contribution in [0.25, 0.3) is 0 Å². The van der Waals surface area contributed by atoms with Crippen molar-refractivity contribution in [2.24, 2.45) is 0 Å². The molecule has 1 rings (SSSR count). The molecular weight excluding hydrogens is 186 g/mol. The van der Waals surface area contributed by atoms with Crippen LogP contribution in [-0.4, -0.2) is 12.5 Å². The molecule has 1 N–H and O–H groups in total. The molecule has 0 aromatic heterocycles. The summed E-state index contributed by atoms with van der Waals surface area (Å²) in [5, 5.41) is 2.86. The first-order valence-corrected chi connectivity index (χ1v) is 5.19. The molecule has 1 unspecified atom stereocenters. The highest BCUT2D eigenvalue weighted by Gasteiger charge is 2.04. The van der Waals surface area contributed by atoms with Gasteiger partial charge in [-0.05, 0) is 24.5 Å². The van der Waals surface area contributed by atoms with Crippen LogP contribution in [0.4, 0.5) is 0 Å². The standard InChI is InChI=1S/C13H17NO/c1-3-7-13(15)14-10-11(2)12-8-5-4-6-9-12/h3-9,11H,10H2,1-2H3,(H,14,15). The van der Waals surface area contributed by atoms with E-state index in [1.165, 1.54) is 11.6 Å². The third kappa shape index (κ3) is 3.98. The van der Waals surface area contributed by atoms with Gasteiger partial charge < -0.3 is 5.32 Å². The molecule has 0 fully saturated rings. The van der Waals surface area contributed by atoms with E-state index in [-0.39, 0.29) is 5.91 Å². The van der Waals surface area contributed by atoms with Gasteiger partial charge in [-0.3, -0.25) is 4.79 Å². The third-order valence-electron chi connectivity index (χ3n) is 2.27. The van der Waals surface area contributed by atoms with E-state index in [1.807, 2.05) is 25.1 Å². The van der Waals surface area contributed by atoms with Crippen molar-refractivity contribution in [2.45, 2.75) is 19.8 Å². The maximum atomic E-state index is 11.2. The van der Waals surface area contributed by atoms with Crippen molar-refractivity contribution >= 4 is 5.91 Å². The zero-order chi connectivity index (χ0) is 11.1. The molecule has 0 saturated carbocycles. The molecule has 15 heavy (non-hydrogen) atoms. The summed E-state index contributed by atoms with van der Waals surface area (Å²) in [6.07, 6.45) is 3.28. The summed E-state index contributed by atoms with van der Waals surface area (Å²) >= 11 is 0. The lowest BCUT2D eigenvalue weighted by molar-refractivity contribution is -0.116. The summed E-state index contributed by atoms with van der Waals surface area (Å²) < 4.78 is 0. The van der Waals surface area contributed by atoms with E-state index in [4.69, 9.17) is 0 Å². The Morgan fingerprint density at radius 3 is 2.67 bits per heavy atom. The summed E-state index contributed by atoms with van der Waals surface area (Å²) in [5.74, 6) is 0.320. The molecule has 1 atom stereocenters. The molecular formula is C13H17NO. The number of hydrogen-bond acceptors (Lipinski definition) is 1.